The first kappa shape index (κ1) is 28.5. The number of nitrogens with two attached hydrogens (primary N) is 1. The van der Waals surface area contributed by atoms with Crippen LogP contribution in [0.1, 0.15) is 39.5 Å². The predicted molar refractivity (Wildman–Crippen MR) is 106 cm³/mol. The van der Waals surface area contributed by atoms with Crippen LogP contribution in [0.25, 0.3) is 0 Å². The fourth-order valence-electron chi connectivity index (χ4n) is 2.48. The molecule has 0 radical (unpaired) electrons. The van der Waals surface area contributed by atoms with Gasteiger partial charge >= 0.3 is 17.9 Å². The summed E-state index contributed by atoms with van der Waals surface area (Å²) in [5.41, 5.74) is 5.44. The Bertz CT molecular complexity index is 739. The van der Waals surface area contributed by atoms with E-state index >= 15 is 0 Å². The molecule has 0 bridgehead atoms. The first-order chi connectivity index (χ1) is 14.8. The van der Waals surface area contributed by atoms with E-state index in [2.05, 4.69) is 16.0 Å². The zero-order valence-electron chi connectivity index (χ0n) is 17.6. The molecule has 0 aliphatic heterocycles. The summed E-state index contributed by atoms with van der Waals surface area (Å²) in [4.78, 5) is 80.5. The molecular formula is C18H28N4O10. The van der Waals surface area contributed by atoms with Crippen LogP contribution in [0.15, 0.2) is 0 Å². The lowest BCUT2D eigenvalue weighted by Crippen LogP contribution is -2.58. The zero-order chi connectivity index (χ0) is 25.0. The Morgan fingerprint density at radius 2 is 1.38 bits per heavy atom. The minimum atomic E-state index is -1.50. The molecule has 0 aliphatic rings. The van der Waals surface area contributed by atoms with Crippen molar-refractivity contribution in [2.75, 3.05) is 0 Å². The minimum absolute atomic E-state index is 0.227. The van der Waals surface area contributed by atoms with Gasteiger partial charge in [-0.25, -0.2) is 0 Å². The predicted octanol–water partition coefficient (Wildman–Crippen LogP) is -2.56. The van der Waals surface area contributed by atoms with E-state index < -0.39 is 85.0 Å². The SMILES string of the molecule is CC(C)[C@H](NC(=O)[C@H](CCC(=O)O)NC(=O)[C@@H](N)CC(=O)O)C(=O)NC(C=O)CC(=O)O. The summed E-state index contributed by atoms with van der Waals surface area (Å²) in [5, 5.41) is 33.0. The maximum Gasteiger partial charge on any atom is 0.305 e. The number of nitrogens with one attached hydrogen (secondary N) is 3. The molecule has 0 aromatic heterocycles. The van der Waals surface area contributed by atoms with Crippen LogP contribution in [0.4, 0.5) is 0 Å². The van der Waals surface area contributed by atoms with Crippen molar-refractivity contribution in [1.29, 1.82) is 0 Å². The van der Waals surface area contributed by atoms with Gasteiger partial charge in [-0.3, -0.25) is 28.8 Å². The molecule has 14 heteroatoms. The maximum absolute atomic E-state index is 12.7. The lowest BCUT2D eigenvalue weighted by molar-refractivity contribution is -0.141. The quantitative estimate of drug-likeness (QED) is 0.125. The third kappa shape index (κ3) is 11.0. The molecule has 0 aromatic rings. The molecule has 0 fully saturated rings. The summed E-state index contributed by atoms with van der Waals surface area (Å²) < 4.78 is 0. The van der Waals surface area contributed by atoms with Crippen molar-refractivity contribution in [3.8, 4) is 0 Å². The fourth-order valence-corrected chi connectivity index (χ4v) is 2.48. The molecular weight excluding hydrogens is 432 g/mol. The van der Waals surface area contributed by atoms with E-state index in [1.807, 2.05) is 0 Å². The van der Waals surface area contributed by atoms with E-state index in [-0.39, 0.29) is 12.7 Å². The third-order valence-electron chi connectivity index (χ3n) is 4.14. The van der Waals surface area contributed by atoms with Gasteiger partial charge in [0.15, 0.2) is 0 Å². The van der Waals surface area contributed by atoms with Crippen LogP contribution in [-0.4, -0.2) is 81.4 Å². The molecule has 0 heterocycles. The molecule has 1 unspecified atom stereocenters. The van der Waals surface area contributed by atoms with Crippen LogP contribution in [0.2, 0.25) is 0 Å². The Hall–Kier alpha value is -3.55. The van der Waals surface area contributed by atoms with Crippen molar-refractivity contribution >= 4 is 41.9 Å². The number of amides is 3. The van der Waals surface area contributed by atoms with E-state index in [9.17, 15) is 33.6 Å². The minimum Gasteiger partial charge on any atom is -0.481 e. The molecule has 3 amide bonds. The summed E-state index contributed by atoms with van der Waals surface area (Å²) in [6.07, 6.45) is -2.09. The van der Waals surface area contributed by atoms with Gasteiger partial charge in [-0.05, 0) is 12.3 Å². The first-order valence-electron chi connectivity index (χ1n) is 9.55. The Labute approximate surface area is 182 Å². The summed E-state index contributed by atoms with van der Waals surface area (Å²) in [6.45, 7) is 3.09. The van der Waals surface area contributed by atoms with Crippen LogP contribution < -0.4 is 21.7 Å². The van der Waals surface area contributed by atoms with E-state index in [1.54, 1.807) is 13.8 Å². The number of rotatable bonds is 15. The summed E-state index contributed by atoms with van der Waals surface area (Å²) in [5.74, 6) is -7.32. The van der Waals surface area contributed by atoms with E-state index in [1.165, 1.54) is 0 Å². The number of hydrogen-bond acceptors (Lipinski definition) is 8. The fraction of sp³-hybridized carbons (Fsp3) is 0.611. The molecule has 0 saturated carbocycles. The highest BCUT2D eigenvalue weighted by molar-refractivity contribution is 5.94. The van der Waals surface area contributed by atoms with Crippen LogP contribution in [0.5, 0.6) is 0 Å². The van der Waals surface area contributed by atoms with Gasteiger partial charge in [0.05, 0.1) is 24.9 Å². The maximum atomic E-state index is 12.7. The van der Waals surface area contributed by atoms with Crippen molar-refractivity contribution in [2.24, 2.45) is 11.7 Å². The van der Waals surface area contributed by atoms with Crippen LogP contribution in [0.3, 0.4) is 0 Å². The lowest BCUT2D eigenvalue weighted by Gasteiger charge is -2.26. The molecule has 4 atom stereocenters. The molecule has 32 heavy (non-hydrogen) atoms. The third-order valence-corrected chi connectivity index (χ3v) is 4.14. The highest BCUT2D eigenvalue weighted by Gasteiger charge is 2.31. The number of aliphatic carboxylic acids is 3. The van der Waals surface area contributed by atoms with Gasteiger partial charge in [0.2, 0.25) is 17.7 Å². The van der Waals surface area contributed by atoms with Gasteiger partial charge in [0, 0.05) is 6.42 Å². The number of carboxylic acid groups (broad SMARTS) is 3. The summed E-state index contributed by atoms with van der Waals surface area (Å²) in [7, 11) is 0. The van der Waals surface area contributed by atoms with Gasteiger partial charge < -0.3 is 41.8 Å². The van der Waals surface area contributed by atoms with E-state index in [0.717, 1.165) is 0 Å². The molecule has 0 aromatic carbocycles. The first-order valence-corrected chi connectivity index (χ1v) is 9.55. The Balaban J connectivity index is 5.42. The largest absolute Gasteiger partial charge is 0.481 e. The smallest absolute Gasteiger partial charge is 0.305 e. The van der Waals surface area contributed by atoms with E-state index in [0.29, 0.717) is 0 Å². The van der Waals surface area contributed by atoms with Crippen LogP contribution >= 0.6 is 0 Å². The van der Waals surface area contributed by atoms with E-state index in [4.69, 9.17) is 21.1 Å². The van der Waals surface area contributed by atoms with Crippen molar-refractivity contribution < 1.29 is 48.9 Å². The summed E-state index contributed by atoms with van der Waals surface area (Å²) in [6, 6.07) is -5.54. The van der Waals surface area contributed by atoms with Gasteiger partial charge in [-0.1, -0.05) is 13.8 Å². The standard InChI is InChI=1S/C18H28N4O10/c1-8(2)15(18(32)20-9(7-23)5-13(26)27)22-17(31)11(3-4-12(24)25)21-16(30)10(19)6-14(28)29/h7-11,15H,3-6,19H2,1-2H3,(H,20,32)(H,21,30)(H,22,31)(H,24,25)(H,26,27)(H,28,29)/t9?,10-,11-,15-/m0/s1. The highest BCUT2D eigenvalue weighted by Crippen LogP contribution is 2.06. The normalized spacial score (nSPS) is 14.4. The number of aldehydes is 1. The van der Waals surface area contributed by atoms with Gasteiger partial charge in [0.1, 0.15) is 18.4 Å². The summed E-state index contributed by atoms with van der Waals surface area (Å²) >= 11 is 0. The molecule has 0 aliphatic carbocycles. The monoisotopic (exact) mass is 460 g/mol. The Morgan fingerprint density at radius 1 is 0.812 bits per heavy atom. The Kier molecular flexibility index (Phi) is 12.2. The molecule has 0 saturated heterocycles. The average molecular weight is 460 g/mol. The molecule has 0 spiro atoms. The van der Waals surface area contributed by atoms with Crippen LogP contribution in [-0.2, 0) is 33.6 Å². The molecule has 180 valence electrons. The number of carbonyl (C=O) groups is 7. The Morgan fingerprint density at radius 3 is 1.81 bits per heavy atom. The molecule has 0 rings (SSSR count). The lowest BCUT2D eigenvalue weighted by atomic mass is 10.0. The van der Waals surface area contributed by atoms with Crippen molar-refractivity contribution in [3.63, 3.8) is 0 Å². The molecule has 14 nitrogen and oxygen atoms in total. The van der Waals surface area contributed by atoms with Gasteiger partial charge in [-0.2, -0.15) is 0 Å². The zero-order valence-corrected chi connectivity index (χ0v) is 17.6. The van der Waals surface area contributed by atoms with Gasteiger partial charge in [-0.15, -0.1) is 0 Å². The second kappa shape index (κ2) is 13.7. The van der Waals surface area contributed by atoms with Crippen LogP contribution in [0, 0.1) is 5.92 Å². The second-order valence-electron chi connectivity index (χ2n) is 7.28. The number of hydrogen-bond donors (Lipinski definition) is 7. The number of carboxylic acids is 3. The van der Waals surface area contributed by atoms with Crippen molar-refractivity contribution in [1.82, 2.24) is 16.0 Å². The molecule has 8 N–H and O–H groups in total. The second-order valence-corrected chi connectivity index (χ2v) is 7.28. The van der Waals surface area contributed by atoms with Crippen molar-refractivity contribution in [2.45, 2.75) is 63.7 Å². The van der Waals surface area contributed by atoms with Gasteiger partial charge in [0.25, 0.3) is 0 Å². The average Bonchev–Trinajstić information content (AvgIpc) is 2.66. The topological polar surface area (TPSA) is 242 Å². The van der Waals surface area contributed by atoms with Crippen molar-refractivity contribution in [3.05, 3.63) is 0 Å². The number of carbonyl (C=O) groups excluding carboxylic acids is 4. The highest BCUT2D eigenvalue weighted by atomic mass is 16.4.